The van der Waals surface area contributed by atoms with E-state index in [9.17, 15) is 14.4 Å². The first-order valence-electron chi connectivity index (χ1n) is 9.30. The van der Waals surface area contributed by atoms with Gasteiger partial charge in [-0.15, -0.1) is 0 Å². The number of nitrogens with zero attached hydrogens (tertiary/aromatic N) is 1. The lowest BCUT2D eigenvalue weighted by Gasteiger charge is -2.13. The second kappa shape index (κ2) is 9.98. The number of ether oxygens (including phenoxy) is 2. The van der Waals surface area contributed by atoms with E-state index in [1.807, 2.05) is 30.3 Å². The minimum atomic E-state index is -0.344. The quantitative estimate of drug-likeness (QED) is 0.653. The second-order valence-electron chi connectivity index (χ2n) is 6.46. The normalized spacial score (nSPS) is 14.9. The van der Waals surface area contributed by atoms with Gasteiger partial charge in [0.25, 0.3) is 11.1 Å². The van der Waals surface area contributed by atoms with Crippen LogP contribution in [0.15, 0.2) is 53.4 Å². The molecule has 0 bridgehead atoms. The van der Waals surface area contributed by atoms with Crippen LogP contribution in [-0.4, -0.2) is 49.3 Å². The van der Waals surface area contributed by atoms with Crippen molar-refractivity contribution in [3.05, 3.63) is 64.6 Å². The Kier molecular flexibility index (Phi) is 7.13. The van der Waals surface area contributed by atoms with Gasteiger partial charge in [-0.25, -0.2) is 0 Å². The van der Waals surface area contributed by atoms with Gasteiger partial charge in [0.1, 0.15) is 0 Å². The molecule has 156 valence electrons. The Morgan fingerprint density at radius 2 is 1.80 bits per heavy atom. The maximum absolute atomic E-state index is 12.5. The van der Waals surface area contributed by atoms with Gasteiger partial charge in [0.05, 0.1) is 25.5 Å². The standard InChI is InChI=1S/C22H22N2O5S/c1-28-17-9-8-16(12-18(17)29-2)14-20(25)23-10-11-24-21(26)19(30-22(24)27)13-15-6-4-3-5-7-15/h3-9,12-13H,10-11,14H2,1-2H3,(H,23,25)/b19-13+. The molecule has 0 atom stereocenters. The molecular formula is C22H22N2O5S. The third-order valence-electron chi connectivity index (χ3n) is 4.44. The predicted octanol–water partition coefficient (Wildman–Crippen LogP) is 3.10. The molecule has 0 radical (unpaired) electrons. The van der Waals surface area contributed by atoms with E-state index in [2.05, 4.69) is 5.32 Å². The lowest BCUT2D eigenvalue weighted by Crippen LogP contribution is -2.37. The SMILES string of the molecule is COc1ccc(CC(=O)NCCN2C(=O)S/C(=C/c3ccccc3)C2=O)cc1OC. The summed E-state index contributed by atoms with van der Waals surface area (Å²) < 4.78 is 10.4. The molecule has 0 saturated carbocycles. The first-order chi connectivity index (χ1) is 14.5. The summed E-state index contributed by atoms with van der Waals surface area (Å²) in [6, 6.07) is 14.6. The van der Waals surface area contributed by atoms with Crippen LogP contribution < -0.4 is 14.8 Å². The summed E-state index contributed by atoms with van der Waals surface area (Å²) >= 11 is 0.906. The Morgan fingerprint density at radius 1 is 1.07 bits per heavy atom. The maximum atomic E-state index is 12.5. The van der Waals surface area contributed by atoms with Crippen LogP contribution in [0.1, 0.15) is 11.1 Å². The third kappa shape index (κ3) is 5.21. The smallest absolute Gasteiger partial charge is 0.293 e. The molecule has 1 fully saturated rings. The van der Waals surface area contributed by atoms with Crippen molar-refractivity contribution in [3.63, 3.8) is 0 Å². The molecule has 1 aliphatic rings. The molecule has 1 saturated heterocycles. The highest BCUT2D eigenvalue weighted by molar-refractivity contribution is 8.18. The second-order valence-corrected chi connectivity index (χ2v) is 7.45. The summed E-state index contributed by atoms with van der Waals surface area (Å²) in [5.74, 6) is 0.576. The van der Waals surface area contributed by atoms with E-state index >= 15 is 0 Å². The zero-order valence-electron chi connectivity index (χ0n) is 16.7. The summed E-state index contributed by atoms with van der Waals surface area (Å²) in [7, 11) is 3.08. The Morgan fingerprint density at radius 3 is 2.50 bits per heavy atom. The Balaban J connectivity index is 1.52. The number of nitrogens with one attached hydrogen (secondary N) is 1. The molecule has 1 heterocycles. The van der Waals surface area contributed by atoms with E-state index in [-0.39, 0.29) is 36.6 Å². The van der Waals surface area contributed by atoms with Crippen molar-refractivity contribution in [2.75, 3.05) is 27.3 Å². The van der Waals surface area contributed by atoms with Crippen LogP contribution in [0.5, 0.6) is 11.5 Å². The molecule has 3 rings (SSSR count). The minimum absolute atomic E-state index is 0.120. The molecule has 0 spiro atoms. The van der Waals surface area contributed by atoms with E-state index in [4.69, 9.17) is 9.47 Å². The van der Waals surface area contributed by atoms with E-state index in [0.29, 0.717) is 16.4 Å². The molecule has 2 aromatic rings. The van der Waals surface area contributed by atoms with Crippen molar-refractivity contribution in [3.8, 4) is 11.5 Å². The van der Waals surface area contributed by atoms with Gasteiger partial charge in [-0.1, -0.05) is 36.4 Å². The number of hydrogen-bond donors (Lipinski definition) is 1. The first kappa shape index (κ1) is 21.4. The van der Waals surface area contributed by atoms with Gasteiger partial charge in [0.2, 0.25) is 5.91 Å². The summed E-state index contributed by atoms with van der Waals surface area (Å²) in [4.78, 5) is 38.4. The topological polar surface area (TPSA) is 84.9 Å². The molecule has 8 heteroatoms. The van der Waals surface area contributed by atoms with Crippen LogP contribution in [0.25, 0.3) is 6.08 Å². The molecule has 0 aliphatic carbocycles. The van der Waals surface area contributed by atoms with Gasteiger partial charge in [-0.05, 0) is 41.1 Å². The van der Waals surface area contributed by atoms with Gasteiger partial charge < -0.3 is 14.8 Å². The number of amides is 3. The largest absolute Gasteiger partial charge is 0.493 e. The average Bonchev–Trinajstić information content (AvgIpc) is 3.01. The number of rotatable bonds is 8. The predicted molar refractivity (Wildman–Crippen MR) is 115 cm³/mol. The number of carbonyl (C=O) groups is 3. The van der Waals surface area contributed by atoms with E-state index in [0.717, 1.165) is 27.8 Å². The average molecular weight is 426 g/mol. The fourth-order valence-electron chi connectivity index (χ4n) is 2.94. The fraction of sp³-hybridized carbons (Fsp3) is 0.227. The van der Waals surface area contributed by atoms with Crippen molar-refractivity contribution in [2.45, 2.75) is 6.42 Å². The highest BCUT2D eigenvalue weighted by Gasteiger charge is 2.34. The van der Waals surface area contributed by atoms with E-state index < -0.39 is 0 Å². The lowest BCUT2D eigenvalue weighted by atomic mass is 10.1. The summed E-state index contributed by atoms with van der Waals surface area (Å²) in [6.45, 7) is 0.303. The third-order valence-corrected chi connectivity index (χ3v) is 5.35. The molecule has 2 aromatic carbocycles. The van der Waals surface area contributed by atoms with Gasteiger partial charge in [0, 0.05) is 13.1 Å². The Bertz CT molecular complexity index is 975. The van der Waals surface area contributed by atoms with Crippen LogP contribution in [0.3, 0.4) is 0 Å². The van der Waals surface area contributed by atoms with Gasteiger partial charge in [0.15, 0.2) is 11.5 Å². The molecule has 1 aliphatic heterocycles. The zero-order chi connectivity index (χ0) is 21.5. The summed E-state index contributed by atoms with van der Waals surface area (Å²) in [5, 5.41) is 2.41. The molecule has 3 amide bonds. The van der Waals surface area contributed by atoms with Crippen LogP contribution in [0.2, 0.25) is 0 Å². The fourth-order valence-corrected chi connectivity index (χ4v) is 3.80. The molecule has 0 unspecified atom stereocenters. The summed E-state index contributed by atoms with van der Waals surface area (Å²) in [5.41, 5.74) is 1.62. The number of thioether (sulfide) groups is 1. The number of hydrogen-bond acceptors (Lipinski definition) is 6. The van der Waals surface area contributed by atoms with Gasteiger partial charge in [-0.3, -0.25) is 19.3 Å². The van der Waals surface area contributed by atoms with Crippen LogP contribution in [0, 0.1) is 0 Å². The Labute approximate surface area is 179 Å². The van der Waals surface area contributed by atoms with Crippen LogP contribution >= 0.6 is 11.8 Å². The summed E-state index contributed by atoms with van der Waals surface area (Å²) in [6.07, 6.45) is 1.84. The number of methoxy groups -OCH3 is 2. The number of imide groups is 1. The van der Waals surface area contributed by atoms with E-state index in [1.165, 1.54) is 7.11 Å². The highest BCUT2D eigenvalue weighted by Crippen LogP contribution is 2.32. The zero-order valence-corrected chi connectivity index (χ0v) is 17.5. The first-order valence-corrected chi connectivity index (χ1v) is 10.1. The van der Waals surface area contributed by atoms with Crippen LogP contribution in [0.4, 0.5) is 4.79 Å². The Hall–Kier alpha value is -3.26. The molecule has 0 aromatic heterocycles. The van der Waals surface area contributed by atoms with Crippen LogP contribution in [-0.2, 0) is 16.0 Å². The van der Waals surface area contributed by atoms with E-state index in [1.54, 1.807) is 31.4 Å². The molecular weight excluding hydrogens is 404 g/mol. The van der Waals surface area contributed by atoms with Crippen molar-refractivity contribution in [1.82, 2.24) is 10.2 Å². The maximum Gasteiger partial charge on any atom is 0.293 e. The lowest BCUT2D eigenvalue weighted by molar-refractivity contribution is -0.124. The number of carbonyl (C=O) groups excluding carboxylic acids is 3. The molecule has 30 heavy (non-hydrogen) atoms. The minimum Gasteiger partial charge on any atom is -0.493 e. The monoisotopic (exact) mass is 426 g/mol. The van der Waals surface area contributed by atoms with Crippen molar-refractivity contribution < 1.29 is 23.9 Å². The van der Waals surface area contributed by atoms with Crippen molar-refractivity contribution >= 4 is 34.9 Å². The van der Waals surface area contributed by atoms with Crippen molar-refractivity contribution in [1.29, 1.82) is 0 Å². The van der Waals surface area contributed by atoms with Gasteiger partial charge in [-0.2, -0.15) is 0 Å². The molecule has 7 nitrogen and oxygen atoms in total. The number of benzene rings is 2. The highest BCUT2D eigenvalue weighted by atomic mass is 32.2. The van der Waals surface area contributed by atoms with Gasteiger partial charge >= 0.3 is 0 Å². The van der Waals surface area contributed by atoms with Crippen molar-refractivity contribution in [2.24, 2.45) is 0 Å². The molecule has 1 N–H and O–H groups in total.